The van der Waals surface area contributed by atoms with Crippen LogP contribution in [0.25, 0.3) is 0 Å². The summed E-state index contributed by atoms with van der Waals surface area (Å²) in [7, 11) is 0. The zero-order valence-corrected chi connectivity index (χ0v) is 12.2. The lowest BCUT2D eigenvalue weighted by atomic mass is 9.99. The molecule has 3 atom stereocenters. The summed E-state index contributed by atoms with van der Waals surface area (Å²) in [6.07, 6.45) is 0.250. The van der Waals surface area contributed by atoms with Crippen LogP contribution >= 0.6 is 0 Å². The highest BCUT2D eigenvalue weighted by molar-refractivity contribution is 5.90. The Morgan fingerprint density at radius 1 is 1.25 bits per heavy atom. The Labute approximate surface area is 118 Å². The van der Waals surface area contributed by atoms with Gasteiger partial charge in [0.2, 0.25) is 11.8 Å². The highest BCUT2D eigenvalue weighted by Crippen LogP contribution is 2.28. The average molecular weight is 282 g/mol. The van der Waals surface area contributed by atoms with Crippen molar-refractivity contribution in [2.24, 2.45) is 17.8 Å². The fourth-order valence-corrected chi connectivity index (χ4v) is 3.12. The van der Waals surface area contributed by atoms with Crippen LogP contribution in [0.15, 0.2) is 0 Å². The van der Waals surface area contributed by atoms with Crippen LogP contribution < -0.4 is 0 Å². The number of hydrogen-bond acceptors (Lipinski definition) is 3. The van der Waals surface area contributed by atoms with Gasteiger partial charge in [-0.05, 0) is 19.8 Å². The van der Waals surface area contributed by atoms with Crippen molar-refractivity contribution in [1.82, 2.24) is 9.80 Å². The Kier molecular flexibility index (Phi) is 4.01. The van der Waals surface area contributed by atoms with Gasteiger partial charge in [-0.15, -0.1) is 0 Å². The highest BCUT2D eigenvalue weighted by Gasteiger charge is 2.42. The molecular weight excluding hydrogens is 260 g/mol. The first-order valence-corrected chi connectivity index (χ1v) is 7.12. The van der Waals surface area contributed by atoms with Gasteiger partial charge in [0.05, 0.1) is 11.8 Å². The van der Waals surface area contributed by atoms with Crippen molar-refractivity contribution in [3.05, 3.63) is 0 Å². The molecule has 6 nitrogen and oxygen atoms in total. The number of carbonyl (C=O) groups is 3. The maximum absolute atomic E-state index is 12.4. The predicted octanol–water partition coefficient (Wildman–Crippen LogP) is 0.422. The fourth-order valence-electron chi connectivity index (χ4n) is 3.12. The monoisotopic (exact) mass is 282 g/mol. The first-order valence-electron chi connectivity index (χ1n) is 7.12. The number of aliphatic carboxylic acids is 1. The smallest absolute Gasteiger partial charge is 0.308 e. The number of carbonyl (C=O) groups excluding carboxylic acids is 2. The molecular formula is C14H22N2O4. The molecule has 2 aliphatic rings. The fraction of sp³-hybridized carbons (Fsp3) is 0.786. The molecule has 0 bridgehead atoms. The maximum Gasteiger partial charge on any atom is 0.308 e. The summed E-state index contributed by atoms with van der Waals surface area (Å²) >= 11 is 0. The molecule has 0 radical (unpaired) electrons. The highest BCUT2D eigenvalue weighted by atomic mass is 16.4. The molecule has 2 fully saturated rings. The molecule has 112 valence electrons. The molecule has 2 aliphatic heterocycles. The predicted molar refractivity (Wildman–Crippen MR) is 71.8 cm³/mol. The van der Waals surface area contributed by atoms with E-state index in [1.54, 1.807) is 9.80 Å². The molecule has 6 heteroatoms. The van der Waals surface area contributed by atoms with Crippen molar-refractivity contribution in [2.75, 3.05) is 19.6 Å². The van der Waals surface area contributed by atoms with Gasteiger partial charge in [-0.1, -0.05) is 6.92 Å². The van der Waals surface area contributed by atoms with Gasteiger partial charge in [0, 0.05) is 32.1 Å². The standard InChI is InChI=1S/C14H22N2O4/c1-8(2)16-6-10(4-12(16)17)13(18)15-5-9(3)11(7-15)14(19)20/h8-11H,4-7H2,1-3H3,(H,19,20)/t9-,10?,11-/m1/s1. The number of likely N-dealkylation sites (tertiary alicyclic amines) is 2. The zero-order chi connectivity index (χ0) is 15.0. The van der Waals surface area contributed by atoms with Crippen LogP contribution in [0.1, 0.15) is 27.2 Å². The Balaban J connectivity index is 2.00. The molecule has 1 unspecified atom stereocenters. The number of nitrogens with zero attached hydrogens (tertiary/aromatic N) is 2. The van der Waals surface area contributed by atoms with Crippen molar-refractivity contribution in [2.45, 2.75) is 33.2 Å². The summed E-state index contributed by atoms with van der Waals surface area (Å²) < 4.78 is 0. The van der Waals surface area contributed by atoms with Crippen LogP contribution in [0, 0.1) is 17.8 Å². The van der Waals surface area contributed by atoms with E-state index < -0.39 is 11.9 Å². The summed E-state index contributed by atoms with van der Waals surface area (Å²) in [5, 5.41) is 9.11. The minimum absolute atomic E-state index is 0.0142. The third-order valence-corrected chi connectivity index (χ3v) is 4.37. The minimum atomic E-state index is -0.848. The van der Waals surface area contributed by atoms with Gasteiger partial charge in [-0.25, -0.2) is 0 Å². The van der Waals surface area contributed by atoms with E-state index in [4.69, 9.17) is 5.11 Å². The van der Waals surface area contributed by atoms with Crippen LogP contribution in [0.2, 0.25) is 0 Å². The Bertz CT molecular complexity index is 435. The lowest BCUT2D eigenvalue weighted by Crippen LogP contribution is -2.37. The summed E-state index contributed by atoms with van der Waals surface area (Å²) in [5.41, 5.74) is 0. The molecule has 0 spiro atoms. The molecule has 0 saturated carbocycles. The van der Waals surface area contributed by atoms with Gasteiger partial charge >= 0.3 is 5.97 Å². The van der Waals surface area contributed by atoms with Gasteiger partial charge in [0.25, 0.3) is 0 Å². The Morgan fingerprint density at radius 2 is 1.90 bits per heavy atom. The van der Waals surface area contributed by atoms with Gasteiger partial charge < -0.3 is 14.9 Å². The summed E-state index contributed by atoms with van der Waals surface area (Å²) in [6.45, 7) is 6.92. The number of rotatable bonds is 3. The Morgan fingerprint density at radius 3 is 2.35 bits per heavy atom. The average Bonchev–Trinajstić information content (AvgIpc) is 2.91. The van der Waals surface area contributed by atoms with E-state index in [0.29, 0.717) is 13.1 Å². The van der Waals surface area contributed by atoms with Crippen LogP contribution in [0.5, 0.6) is 0 Å². The minimum Gasteiger partial charge on any atom is -0.481 e. The molecule has 2 saturated heterocycles. The van der Waals surface area contributed by atoms with Crippen molar-refractivity contribution in [3.8, 4) is 0 Å². The van der Waals surface area contributed by atoms with Crippen molar-refractivity contribution >= 4 is 17.8 Å². The van der Waals surface area contributed by atoms with Gasteiger partial charge in [0.1, 0.15) is 0 Å². The second-order valence-corrected chi connectivity index (χ2v) is 6.21. The molecule has 20 heavy (non-hydrogen) atoms. The summed E-state index contributed by atoms with van der Waals surface area (Å²) in [6, 6.07) is 0.101. The first-order chi connectivity index (χ1) is 9.31. The largest absolute Gasteiger partial charge is 0.481 e. The second kappa shape index (κ2) is 5.42. The molecule has 0 aromatic heterocycles. The molecule has 1 N–H and O–H groups in total. The van der Waals surface area contributed by atoms with E-state index in [2.05, 4.69) is 0 Å². The zero-order valence-electron chi connectivity index (χ0n) is 12.2. The van der Waals surface area contributed by atoms with Crippen LogP contribution in [-0.4, -0.2) is 58.4 Å². The van der Waals surface area contributed by atoms with Gasteiger partial charge in [-0.3, -0.25) is 14.4 Å². The first kappa shape index (κ1) is 14.8. The molecule has 0 aliphatic carbocycles. The number of amides is 2. The van der Waals surface area contributed by atoms with Crippen molar-refractivity contribution in [1.29, 1.82) is 0 Å². The van der Waals surface area contributed by atoms with Crippen LogP contribution in [0.3, 0.4) is 0 Å². The number of carboxylic acids is 1. The van der Waals surface area contributed by atoms with E-state index in [1.807, 2.05) is 20.8 Å². The number of hydrogen-bond donors (Lipinski definition) is 1. The molecule has 2 amide bonds. The van der Waals surface area contributed by atoms with Crippen LogP contribution in [-0.2, 0) is 14.4 Å². The normalized spacial score (nSPS) is 30.4. The van der Waals surface area contributed by atoms with Crippen molar-refractivity contribution < 1.29 is 19.5 Å². The summed E-state index contributed by atoms with van der Waals surface area (Å²) in [4.78, 5) is 38.7. The van der Waals surface area contributed by atoms with E-state index in [-0.39, 0.29) is 42.7 Å². The molecule has 2 heterocycles. The maximum atomic E-state index is 12.4. The SMILES string of the molecule is CC(C)N1CC(C(=O)N2C[C@@H](C)[C@H](C(=O)O)C2)CC1=O. The number of carboxylic acid groups (broad SMARTS) is 1. The summed E-state index contributed by atoms with van der Waals surface area (Å²) in [5.74, 6) is -1.74. The Hall–Kier alpha value is -1.59. The van der Waals surface area contributed by atoms with Crippen LogP contribution in [0.4, 0.5) is 0 Å². The lowest BCUT2D eigenvalue weighted by Gasteiger charge is -2.23. The van der Waals surface area contributed by atoms with E-state index in [0.717, 1.165) is 0 Å². The third-order valence-electron chi connectivity index (χ3n) is 4.37. The second-order valence-electron chi connectivity index (χ2n) is 6.21. The third kappa shape index (κ3) is 2.64. The lowest BCUT2D eigenvalue weighted by molar-refractivity contribution is -0.142. The molecule has 0 aromatic carbocycles. The molecule has 0 aromatic rings. The quantitative estimate of drug-likeness (QED) is 0.814. The van der Waals surface area contributed by atoms with E-state index in [1.165, 1.54) is 0 Å². The van der Waals surface area contributed by atoms with E-state index >= 15 is 0 Å². The van der Waals surface area contributed by atoms with Gasteiger partial charge in [0.15, 0.2) is 0 Å². The molecule has 2 rings (SSSR count). The van der Waals surface area contributed by atoms with Crippen molar-refractivity contribution in [3.63, 3.8) is 0 Å². The van der Waals surface area contributed by atoms with E-state index in [9.17, 15) is 14.4 Å². The topological polar surface area (TPSA) is 77.9 Å². The van der Waals surface area contributed by atoms with Gasteiger partial charge in [-0.2, -0.15) is 0 Å².